The molecule has 0 bridgehead atoms. The molecule has 0 fully saturated rings. The van der Waals surface area contributed by atoms with Gasteiger partial charge in [0.05, 0.1) is 21.5 Å². The van der Waals surface area contributed by atoms with E-state index in [4.69, 9.17) is 11.6 Å². The lowest BCUT2D eigenvalue weighted by Gasteiger charge is -2.14. The fourth-order valence-electron chi connectivity index (χ4n) is 2.50. The molecule has 1 N–H and O–H groups in total. The van der Waals surface area contributed by atoms with Crippen molar-refractivity contribution in [3.05, 3.63) is 59.1 Å². The number of halogens is 4. The van der Waals surface area contributed by atoms with E-state index in [0.717, 1.165) is 35.5 Å². The number of carbonyl (C=O) groups excluding carboxylic acids is 1. The summed E-state index contributed by atoms with van der Waals surface area (Å²) in [6.07, 6.45) is -4.53. The molecule has 0 unspecified atom stereocenters. The highest BCUT2D eigenvalue weighted by atomic mass is 35.5. The Morgan fingerprint density at radius 3 is 2.52 bits per heavy atom. The summed E-state index contributed by atoms with van der Waals surface area (Å²) < 4.78 is 40.4. The lowest BCUT2D eigenvalue weighted by atomic mass is 10.2. The van der Waals surface area contributed by atoms with Crippen molar-refractivity contribution in [1.29, 1.82) is 0 Å². The second-order valence-corrected chi connectivity index (χ2v) is 7.89. The van der Waals surface area contributed by atoms with E-state index in [9.17, 15) is 18.0 Å². The molecule has 0 saturated carbocycles. The number of benzene rings is 2. The molecule has 1 aromatic heterocycles. The zero-order valence-electron chi connectivity index (χ0n) is 15.4. The van der Waals surface area contributed by atoms with Crippen LogP contribution in [0.15, 0.2) is 53.7 Å². The number of anilines is 1. The van der Waals surface area contributed by atoms with Crippen LogP contribution in [0.4, 0.5) is 18.9 Å². The number of alkyl halides is 3. The summed E-state index contributed by atoms with van der Waals surface area (Å²) in [4.78, 5) is 12.5. The molecule has 0 spiro atoms. The Kier molecular flexibility index (Phi) is 6.18. The Morgan fingerprint density at radius 1 is 1.17 bits per heavy atom. The fourth-order valence-corrected chi connectivity index (χ4v) is 3.48. The van der Waals surface area contributed by atoms with Gasteiger partial charge in [0.25, 0.3) is 0 Å². The molecule has 0 aliphatic rings. The van der Waals surface area contributed by atoms with Gasteiger partial charge < -0.3 is 9.88 Å². The highest BCUT2D eigenvalue weighted by Gasteiger charge is 2.31. The Hall–Kier alpha value is -2.52. The van der Waals surface area contributed by atoms with Crippen LogP contribution in [0, 0.1) is 0 Å². The number of aromatic nitrogens is 3. The number of hydrogen-bond donors (Lipinski definition) is 1. The predicted octanol–water partition coefficient (Wildman–Crippen LogP) is 5.27. The second kappa shape index (κ2) is 8.46. The van der Waals surface area contributed by atoms with Gasteiger partial charge in [0, 0.05) is 12.6 Å². The van der Waals surface area contributed by atoms with Gasteiger partial charge in [-0.3, -0.25) is 4.79 Å². The first-order chi connectivity index (χ1) is 13.7. The third kappa shape index (κ3) is 4.91. The van der Waals surface area contributed by atoms with Crippen LogP contribution in [0.5, 0.6) is 0 Å². The monoisotopic (exact) mass is 440 g/mol. The van der Waals surface area contributed by atoms with Crippen LogP contribution in [0.3, 0.4) is 0 Å². The highest BCUT2D eigenvalue weighted by Crippen LogP contribution is 2.34. The van der Waals surface area contributed by atoms with Gasteiger partial charge in [-0.1, -0.05) is 53.7 Å². The van der Waals surface area contributed by atoms with E-state index in [2.05, 4.69) is 15.5 Å². The Labute approximate surface area is 174 Å². The van der Waals surface area contributed by atoms with E-state index in [-0.39, 0.29) is 10.7 Å². The van der Waals surface area contributed by atoms with Gasteiger partial charge >= 0.3 is 6.18 Å². The minimum atomic E-state index is -4.53. The van der Waals surface area contributed by atoms with Crippen molar-refractivity contribution in [2.75, 3.05) is 5.32 Å². The predicted molar refractivity (Wildman–Crippen MR) is 107 cm³/mol. The zero-order valence-corrected chi connectivity index (χ0v) is 16.9. The van der Waals surface area contributed by atoms with Crippen molar-refractivity contribution in [2.24, 2.45) is 7.05 Å². The normalized spacial score (nSPS) is 12.6. The number of rotatable bonds is 5. The van der Waals surface area contributed by atoms with Crippen molar-refractivity contribution in [3.8, 4) is 11.4 Å². The molecule has 2 aromatic carbocycles. The second-order valence-electron chi connectivity index (χ2n) is 6.17. The van der Waals surface area contributed by atoms with Crippen LogP contribution in [0.2, 0.25) is 5.02 Å². The first kappa shape index (κ1) is 21.2. The SMILES string of the molecule is C[C@@H](Sc1nnc(-c2ccccc2)n1C)C(=O)Nc1cc(C(F)(F)F)ccc1Cl. The fraction of sp³-hybridized carbons (Fsp3) is 0.211. The maximum absolute atomic E-state index is 12.9. The molecular weight excluding hydrogens is 425 g/mol. The van der Waals surface area contributed by atoms with Crippen LogP contribution in [0.1, 0.15) is 12.5 Å². The maximum Gasteiger partial charge on any atom is 0.416 e. The molecule has 152 valence electrons. The first-order valence-corrected chi connectivity index (χ1v) is 9.71. The summed E-state index contributed by atoms with van der Waals surface area (Å²) in [5.41, 5.74) is -0.109. The molecule has 1 heterocycles. The third-order valence-corrected chi connectivity index (χ3v) is 5.53. The first-order valence-electron chi connectivity index (χ1n) is 8.46. The summed E-state index contributed by atoms with van der Waals surface area (Å²) in [5.74, 6) is 0.141. The van der Waals surface area contributed by atoms with Crippen molar-refractivity contribution < 1.29 is 18.0 Å². The highest BCUT2D eigenvalue weighted by molar-refractivity contribution is 8.00. The summed E-state index contributed by atoms with van der Waals surface area (Å²) in [5, 5.41) is 10.6. The molecule has 0 radical (unpaired) electrons. The van der Waals surface area contributed by atoms with Crippen LogP contribution < -0.4 is 5.32 Å². The summed E-state index contributed by atoms with van der Waals surface area (Å²) in [6, 6.07) is 12.2. The van der Waals surface area contributed by atoms with Gasteiger partial charge in [-0.15, -0.1) is 10.2 Å². The Bertz CT molecular complexity index is 1020. The van der Waals surface area contributed by atoms with E-state index in [1.165, 1.54) is 0 Å². The average molecular weight is 441 g/mol. The Morgan fingerprint density at radius 2 is 1.86 bits per heavy atom. The van der Waals surface area contributed by atoms with Gasteiger partial charge in [0.2, 0.25) is 5.91 Å². The number of nitrogens with one attached hydrogen (secondary N) is 1. The van der Waals surface area contributed by atoms with Crippen molar-refractivity contribution >= 4 is 35.0 Å². The molecule has 29 heavy (non-hydrogen) atoms. The third-order valence-electron chi connectivity index (χ3n) is 4.07. The van der Waals surface area contributed by atoms with E-state index in [0.29, 0.717) is 11.0 Å². The number of carbonyl (C=O) groups is 1. The van der Waals surface area contributed by atoms with E-state index >= 15 is 0 Å². The molecule has 1 amide bonds. The van der Waals surface area contributed by atoms with Crippen molar-refractivity contribution in [3.63, 3.8) is 0 Å². The van der Waals surface area contributed by atoms with Crippen LogP contribution in [-0.4, -0.2) is 25.9 Å². The summed E-state index contributed by atoms with van der Waals surface area (Å²) >= 11 is 7.08. The standard InChI is InChI=1S/C19H16ClF3N4OS/c1-11(17(28)24-15-10-13(19(21,22)23)8-9-14(15)20)29-18-26-25-16(27(18)2)12-6-4-3-5-7-12/h3-11H,1-2H3,(H,24,28)/t11-/m1/s1. The van der Waals surface area contributed by atoms with Crippen LogP contribution >= 0.6 is 23.4 Å². The lowest BCUT2D eigenvalue weighted by Crippen LogP contribution is -2.23. The number of amides is 1. The molecule has 3 rings (SSSR count). The van der Waals surface area contributed by atoms with E-state index < -0.39 is 22.9 Å². The molecule has 5 nitrogen and oxygen atoms in total. The molecule has 3 aromatic rings. The molecule has 0 aliphatic heterocycles. The topological polar surface area (TPSA) is 59.8 Å². The van der Waals surface area contributed by atoms with Crippen LogP contribution in [0.25, 0.3) is 11.4 Å². The lowest BCUT2D eigenvalue weighted by molar-refractivity contribution is -0.137. The minimum absolute atomic E-state index is 0.0218. The number of nitrogens with zero attached hydrogens (tertiary/aromatic N) is 3. The van der Waals surface area contributed by atoms with Crippen LogP contribution in [-0.2, 0) is 18.0 Å². The van der Waals surface area contributed by atoms with Gasteiger partial charge in [0.15, 0.2) is 11.0 Å². The Balaban J connectivity index is 1.73. The largest absolute Gasteiger partial charge is 0.416 e. The van der Waals surface area contributed by atoms with Gasteiger partial charge in [-0.25, -0.2) is 0 Å². The maximum atomic E-state index is 12.9. The number of hydrogen-bond acceptors (Lipinski definition) is 4. The van der Waals surface area contributed by atoms with Crippen molar-refractivity contribution in [1.82, 2.24) is 14.8 Å². The average Bonchev–Trinajstić information content (AvgIpc) is 3.03. The molecule has 0 aliphatic carbocycles. The smallest absolute Gasteiger partial charge is 0.324 e. The van der Waals surface area contributed by atoms with Gasteiger partial charge in [-0.2, -0.15) is 13.2 Å². The van der Waals surface area contributed by atoms with Crippen molar-refractivity contribution in [2.45, 2.75) is 23.5 Å². The molecule has 10 heteroatoms. The summed E-state index contributed by atoms with van der Waals surface area (Å²) in [7, 11) is 1.78. The van der Waals surface area contributed by atoms with Gasteiger partial charge in [-0.05, 0) is 25.1 Å². The number of thioether (sulfide) groups is 1. The van der Waals surface area contributed by atoms with Gasteiger partial charge in [0.1, 0.15) is 0 Å². The van der Waals surface area contributed by atoms with E-state index in [1.54, 1.807) is 18.5 Å². The summed E-state index contributed by atoms with van der Waals surface area (Å²) in [6.45, 7) is 1.62. The quantitative estimate of drug-likeness (QED) is 0.549. The molecule has 1 atom stereocenters. The van der Waals surface area contributed by atoms with E-state index in [1.807, 2.05) is 30.3 Å². The molecular formula is C19H16ClF3N4OS. The minimum Gasteiger partial charge on any atom is -0.324 e. The zero-order chi connectivity index (χ0) is 21.2. The molecule has 0 saturated heterocycles.